The number of nitrogens with two attached hydrogens (primary N) is 1. The number of hydrogen-bond donors (Lipinski definition) is 2. The van der Waals surface area contributed by atoms with Crippen LogP contribution in [0, 0.1) is 6.92 Å². The molecule has 0 aliphatic carbocycles. The Morgan fingerprint density at radius 3 is 2.82 bits per heavy atom. The second-order valence-corrected chi connectivity index (χ2v) is 6.65. The van der Waals surface area contributed by atoms with E-state index in [2.05, 4.69) is 5.32 Å². The fourth-order valence-electron chi connectivity index (χ4n) is 3.08. The van der Waals surface area contributed by atoms with Crippen LogP contribution < -0.4 is 15.8 Å². The summed E-state index contributed by atoms with van der Waals surface area (Å²) in [5.74, 6) is -0.739. The predicted molar refractivity (Wildman–Crippen MR) is 102 cm³/mol. The Hall–Kier alpha value is -3.35. The molecule has 0 radical (unpaired) electrons. The molecule has 28 heavy (non-hydrogen) atoms. The lowest BCUT2D eigenvalue weighted by Crippen LogP contribution is -2.32. The van der Waals surface area contributed by atoms with Crippen LogP contribution in [0.2, 0.25) is 0 Å². The molecule has 0 aromatic heterocycles. The smallest absolute Gasteiger partial charge is 0.339 e. The topological polar surface area (TPSA) is 108 Å². The summed E-state index contributed by atoms with van der Waals surface area (Å²) in [6.07, 6.45) is 0.112. The standard InChI is InChI=1S/C21H22N2O5/c1-13-6-7-17(27-12-20(25)23-9-8-19(22)24)16(10-13)18-11-14-4-2-3-5-15(14)21(26)28-18/h2-7,10,18H,8-9,11-12H2,1H3,(H2,22,24)(H,23,25)/t18-/m1/s1. The minimum absolute atomic E-state index is 0.0684. The number of carbonyl (C=O) groups is 3. The van der Waals surface area contributed by atoms with E-state index in [4.69, 9.17) is 15.2 Å². The predicted octanol–water partition coefficient (Wildman–Crippen LogP) is 1.82. The Balaban J connectivity index is 1.72. The van der Waals surface area contributed by atoms with Crippen molar-refractivity contribution < 1.29 is 23.9 Å². The number of carbonyl (C=O) groups excluding carboxylic acids is 3. The van der Waals surface area contributed by atoms with Gasteiger partial charge in [-0.15, -0.1) is 0 Å². The van der Waals surface area contributed by atoms with Crippen molar-refractivity contribution in [1.29, 1.82) is 0 Å². The van der Waals surface area contributed by atoms with Crippen molar-refractivity contribution in [3.05, 3.63) is 64.7 Å². The number of esters is 1. The van der Waals surface area contributed by atoms with Gasteiger partial charge < -0.3 is 20.5 Å². The molecule has 7 nitrogen and oxygen atoms in total. The minimum atomic E-state index is -0.491. The third-order valence-electron chi connectivity index (χ3n) is 4.46. The number of nitrogens with one attached hydrogen (secondary N) is 1. The number of rotatable bonds is 7. The molecule has 2 aromatic rings. The lowest BCUT2D eigenvalue weighted by Gasteiger charge is -2.26. The van der Waals surface area contributed by atoms with Gasteiger partial charge in [0.05, 0.1) is 5.56 Å². The molecule has 0 unspecified atom stereocenters. The Bertz CT molecular complexity index is 909. The summed E-state index contributed by atoms with van der Waals surface area (Å²) in [6, 6.07) is 12.9. The van der Waals surface area contributed by atoms with E-state index in [0.717, 1.165) is 11.1 Å². The highest BCUT2D eigenvalue weighted by molar-refractivity contribution is 5.92. The molecule has 2 amide bonds. The van der Waals surface area contributed by atoms with Crippen LogP contribution in [-0.2, 0) is 20.7 Å². The van der Waals surface area contributed by atoms with Gasteiger partial charge in [0.2, 0.25) is 5.91 Å². The molecule has 3 rings (SSSR count). The van der Waals surface area contributed by atoms with Crippen LogP contribution in [0.15, 0.2) is 42.5 Å². The van der Waals surface area contributed by atoms with Crippen molar-refractivity contribution in [1.82, 2.24) is 5.32 Å². The second kappa shape index (κ2) is 8.56. The SMILES string of the molecule is Cc1ccc(OCC(=O)NCCC(N)=O)c([C@H]2Cc3ccccc3C(=O)O2)c1. The summed E-state index contributed by atoms with van der Waals surface area (Å²) < 4.78 is 11.3. The van der Waals surface area contributed by atoms with Crippen LogP contribution in [0.3, 0.4) is 0 Å². The maximum atomic E-state index is 12.3. The van der Waals surface area contributed by atoms with Gasteiger partial charge in [-0.1, -0.05) is 29.8 Å². The molecule has 1 atom stereocenters. The van der Waals surface area contributed by atoms with Gasteiger partial charge in [-0.2, -0.15) is 0 Å². The van der Waals surface area contributed by atoms with Gasteiger partial charge in [0.25, 0.3) is 5.91 Å². The number of aryl methyl sites for hydroxylation is 1. The van der Waals surface area contributed by atoms with Crippen LogP contribution >= 0.6 is 0 Å². The van der Waals surface area contributed by atoms with Gasteiger partial charge in [0, 0.05) is 24.9 Å². The van der Waals surface area contributed by atoms with E-state index in [1.54, 1.807) is 18.2 Å². The van der Waals surface area contributed by atoms with Crippen molar-refractivity contribution in [2.75, 3.05) is 13.2 Å². The first-order valence-corrected chi connectivity index (χ1v) is 9.01. The lowest BCUT2D eigenvalue weighted by atomic mass is 9.93. The lowest BCUT2D eigenvalue weighted by molar-refractivity contribution is -0.123. The molecule has 1 aliphatic rings. The van der Waals surface area contributed by atoms with Gasteiger partial charge in [0.15, 0.2) is 6.61 Å². The molecular weight excluding hydrogens is 360 g/mol. The number of benzene rings is 2. The monoisotopic (exact) mass is 382 g/mol. The van der Waals surface area contributed by atoms with Crippen LogP contribution in [0.4, 0.5) is 0 Å². The number of cyclic esters (lactones) is 1. The number of hydrogen-bond acceptors (Lipinski definition) is 5. The first-order chi connectivity index (χ1) is 13.4. The average Bonchev–Trinajstić information content (AvgIpc) is 2.66. The van der Waals surface area contributed by atoms with Gasteiger partial charge >= 0.3 is 5.97 Å². The maximum Gasteiger partial charge on any atom is 0.339 e. The molecule has 0 saturated heterocycles. The zero-order valence-electron chi connectivity index (χ0n) is 15.6. The molecule has 1 heterocycles. The first-order valence-electron chi connectivity index (χ1n) is 9.01. The molecule has 0 spiro atoms. The molecule has 1 aliphatic heterocycles. The van der Waals surface area contributed by atoms with Gasteiger partial charge in [-0.25, -0.2) is 4.79 Å². The highest BCUT2D eigenvalue weighted by atomic mass is 16.5. The van der Waals surface area contributed by atoms with E-state index < -0.39 is 12.0 Å². The van der Waals surface area contributed by atoms with Gasteiger partial charge in [-0.05, 0) is 30.7 Å². The van der Waals surface area contributed by atoms with Crippen LogP contribution in [0.5, 0.6) is 5.75 Å². The fraction of sp³-hybridized carbons (Fsp3) is 0.286. The highest BCUT2D eigenvalue weighted by Gasteiger charge is 2.29. The van der Waals surface area contributed by atoms with E-state index in [1.165, 1.54) is 0 Å². The summed E-state index contributed by atoms with van der Waals surface area (Å²) in [5, 5.41) is 2.56. The molecule has 146 valence electrons. The molecule has 0 bridgehead atoms. The maximum absolute atomic E-state index is 12.3. The number of amides is 2. The number of fused-ring (bicyclic) bond motifs is 1. The fourth-order valence-corrected chi connectivity index (χ4v) is 3.08. The zero-order valence-corrected chi connectivity index (χ0v) is 15.6. The minimum Gasteiger partial charge on any atom is -0.483 e. The van der Waals surface area contributed by atoms with Crippen molar-refractivity contribution in [3.8, 4) is 5.75 Å². The Morgan fingerprint density at radius 2 is 2.04 bits per heavy atom. The van der Waals surface area contributed by atoms with E-state index >= 15 is 0 Å². The van der Waals surface area contributed by atoms with E-state index in [9.17, 15) is 14.4 Å². The molecule has 0 fully saturated rings. The van der Waals surface area contributed by atoms with E-state index in [-0.39, 0.29) is 31.4 Å². The van der Waals surface area contributed by atoms with E-state index in [0.29, 0.717) is 23.3 Å². The number of ether oxygens (including phenoxy) is 2. The number of primary amides is 1. The van der Waals surface area contributed by atoms with Crippen molar-refractivity contribution >= 4 is 17.8 Å². The van der Waals surface area contributed by atoms with Crippen molar-refractivity contribution in [2.24, 2.45) is 5.73 Å². The summed E-state index contributed by atoms with van der Waals surface area (Å²) in [5.41, 5.74) is 8.24. The Kier molecular flexibility index (Phi) is 5.93. The van der Waals surface area contributed by atoms with Crippen molar-refractivity contribution in [3.63, 3.8) is 0 Å². The normalized spacial score (nSPS) is 15.3. The molecular formula is C21H22N2O5. The van der Waals surface area contributed by atoms with Crippen LogP contribution in [0.25, 0.3) is 0 Å². The molecule has 2 aromatic carbocycles. The van der Waals surface area contributed by atoms with Crippen molar-refractivity contribution in [2.45, 2.75) is 25.9 Å². The van der Waals surface area contributed by atoms with Crippen LogP contribution in [0.1, 0.15) is 39.6 Å². The third kappa shape index (κ3) is 4.68. The third-order valence-corrected chi connectivity index (χ3v) is 4.46. The molecule has 3 N–H and O–H groups in total. The zero-order chi connectivity index (χ0) is 20.1. The summed E-state index contributed by atoms with van der Waals surface area (Å²) in [4.78, 5) is 35.0. The Labute approximate surface area is 162 Å². The first kappa shape index (κ1) is 19.4. The Morgan fingerprint density at radius 1 is 1.25 bits per heavy atom. The van der Waals surface area contributed by atoms with Crippen LogP contribution in [-0.4, -0.2) is 30.9 Å². The molecule has 0 saturated carbocycles. The summed E-state index contributed by atoms with van der Waals surface area (Å²) >= 11 is 0. The van der Waals surface area contributed by atoms with Gasteiger partial charge in [0.1, 0.15) is 11.9 Å². The quantitative estimate of drug-likeness (QED) is 0.710. The second-order valence-electron chi connectivity index (χ2n) is 6.65. The van der Waals surface area contributed by atoms with E-state index in [1.807, 2.05) is 31.2 Å². The van der Waals surface area contributed by atoms with Gasteiger partial charge in [-0.3, -0.25) is 9.59 Å². The summed E-state index contributed by atoms with van der Waals surface area (Å²) in [6.45, 7) is 1.88. The molecule has 7 heteroatoms. The highest BCUT2D eigenvalue weighted by Crippen LogP contribution is 2.35. The largest absolute Gasteiger partial charge is 0.483 e. The summed E-state index contributed by atoms with van der Waals surface area (Å²) in [7, 11) is 0. The average molecular weight is 382 g/mol.